The molecule has 1 amide bonds. The Morgan fingerprint density at radius 1 is 1.58 bits per heavy atom. The average Bonchev–Trinajstić information content (AvgIpc) is 2.77. The lowest BCUT2D eigenvalue weighted by molar-refractivity contribution is 0.101. The van der Waals surface area contributed by atoms with Gasteiger partial charge in [0.2, 0.25) is 5.95 Å². The summed E-state index contributed by atoms with van der Waals surface area (Å²) in [5, 5.41) is 11.4. The second-order valence-corrected chi connectivity index (χ2v) is 6.39. The van der Waals surface area contributed by atoms with Gasteiger partial charge in [0.15, 0.2) is 0 Å². The molecule has 1 aliphatic rings. The molecule has 3 N–H and O–H groups in total. The molecule has 0 bridgehead atoms. The number of nitriles is 1. The fraction of sp³-hybridized carbons (Fsp3) is 0.133. The molecule has 2 aromatic heterocycles. The Bertz CT molecular complexity index is 927. The predicted molar refractivity (Wildman–Crippen MR) is 87.7 cm³/mol. The fourth-order valence-corrected chi connectivity index (χ4v) is 3.49. The molecule has 1 unspecified atom stereocenters. The van der Waals surface area contributed by atoms with Gasteiger partial charge >= 0.3 is 0 Å². The summed E-state index contributed by atoms with van der Waals surface area (Å²) in [5.74, 6) is -1.29. The first kappa shape index (κ1) is 16.0. The van der Waals surface area contributed by atoms with Crippen LogP contribution in [0.3, 0.4) is 0 Å². The summed E-state index contributed by atoms with van der Waals surface area (Å²) >= 11 is 0. The van der Waals surface area contributed by atoms with Crippen molar-refractivity contribution in [2.24, 2.45) is 7.05 Å². The molecule has 24 heavy (non-hydrogen) atoms. The number of amides is 1. The van der Waals surface area contributed by atoms with Crippen molar-refractivity contribution in [3.8, 4) is 6.07 Å². The van der Waals surface area contributed by atoms with Crippen LogP contribution in [0.15, 0.2) is 29.3 Å². The monoisotopic (exact) mass is 344 g/mol. The second-order valence-electron chi connectivity index (χ2n) is 5.05. The molecule has 122 valence electrons. The van der Waals surface area contributed by atoms with Crippen LogP contribution in [0.25, 0.3) is 6.08 Å². The third-order valence-electron chi connectivity index (χ3n) is 3.42. The van der Waals surface area contributed by atoms with Crippen LogP contribution in [0.2, 0.25) is 0 Å². The van der Waals surface area contributed by atoms with Gasteiger partial charge in [0.25, 0.3) is 5.91 Å². The first-order valence-electron chi connectivity index (χ1n) is 6.93. The van der Waals surface area contributed by atoms with Crippen molar-refractivity contribution >= 4 is 28.5 Å². The molecule has 2 aromatic rings. The molecule has 0 aromatic carbocycles. The van der Waals surface area contributed by atoms with Crippen molar-refractivity contribution in [2.45, 2.75) is 4.90 Å². The van der Waals surface area contributed by atoms with E-state index in [4.69, 9.17) is 10.0 Å². The van der Waals surface area contributed by atoms with Crippen LogP contribution in [0.5, 0.6) is 0 Å². The van der Waals surface area contributed by atoms with Crippen LogP contribution >= 0.6 is 0 Å². The normalized spacial score (nSPS) is 16.1. The number of hydrogen-bond acceptors (Lipinski definition) is 4. The zero-order valence-electron chi connectivity index (χ0n) is 12.6. The molecule has 0 spiro atoms. The van der Waals surface area contributed by atoms with E-state index in [2.05, 4.69) is 15.0 Å². The number of pyridine rings is 1. The molecule has 0 saturated heterocycles. The lowest BCUT2D eigenvalue weighted by atomic mass is 10.2. The zero-order chi connectivity index (χ0) is 17.3. The fourth-order valence-electron chi connectivity index (χ4n) is 2.43. The van der Waals surface area contributed by atoms with E-state index in [1.165, 1.54) is 6.07 Å². The minimum Gasteiger partial charge on any atom is -0.345 e. The van der Waals surface area contributed by atoms with E-state index in [-0.39, 0.29) is 11.4 Å². The van der Waals surface area contributed by atoms with Crippen molar-refractivity contribution in [3.63, 3.8) is 0 Å². The number of anilines is 1. The van der Waals surface area contributed by atoms with Crippen LogP contribution in [0.1, 0.15) is 21.7 Å². The van der Waals surface area contributed by atoms with Crippen LogP contribution < -0.4 is 10.0 Å². The molecule has 9 heteroatoms. The topological polar surface area (TPSA) is 107 Å². The van der Waals surface area contributed by atoms with Gasteiger partial charge in [-0.3, -0.25) is 9.57 Å². The Kier molecular flexibility index (Phi) is 4.24. The Morgan fingerprint density at radius 3 is 3.12 bits per heavy atom. The summed E-state index contributed by atoms with van der Waals surface area (Å²) < 4.78 is 26.1. The van der Waals surface area contributed by atoms with Gasteiger partial charge in [0.1, 0.15) is 17.5 Å². The highest BCUT2D eigenvalue weighted by atomic mass is 32.2. The van der Waals surface area contributed by atoms with E-state index in [0.717, 1.165) is 11.0 Å². The van der Waals surface area contributed by atoms with E-state index < -0.39 is 22.7 Å². The number of hydrogen-bond donors (Lipinski definition) is 3. The van der Waals surface area contributed by atoms with Crippen molar-refractivity contribution in [1.82, 2.24) is 14.3 Å². The number of carbonyl (C=O) groups excluding carboxylic acids is 1. The SMILES string of the molecule is Cn1cc2c(c1C(=O)Nc1cc(F)nc(C#N)c1)C=CCNS2=N. The van der Waals surface area contributed by atoms with Crippen molar-refractivity contribution in [3.05, 3.63) is 47.3 Å². The van der Waals surface area contributed by atoms with Gasteiger partial charge in [0.05, 0.1) is 4.90 Å². The average molecular weight is 344 g/mol. The molecule has 0 radical (unpaired) electrons. The number of aryl methyl sites for hydroxylation is 1. The molecule has 1 aliphatic heterocycles. The molecule has 0 saturated carbocycles. The maximum absolute atomic E-state index is 13.4. The van der Waals surface area contributed by atoms with Gasteiger partial charge in [0, 0.05) is 37.1 Å². The quantitative estimate of drug-likeness (QED) is 0.724. The van der Waals surface area contributed by atoms with Crippen LogP contribution in [0.4, 0.5) is 10.1 Å². The lowest BCUT2D eigenvalue weighted by Crippen LogP contribution is -2.17. The van der Waals surface area contributed by atoms with E-state index in [9.17, 15) is 9.18 Å². The Labute approximate surface area is 139 Å². The molecule has 3 rings (SSSR count). The molecule has 0 aliphatic carbocycles. The number of carbonyl (C=O) groups is 1. The third kappa shape index (κ3) is 2.97. The number of nitrogens with zero attached hydrogens (tertiary/aromatic N) is 3. The Balaban J connectivity index is 1.99. The highest BCUT2D eigenvalue weighted by molar-refractivity contribution is 7.84. The van der Waals surface area contributed by atoms with Gasteiger partial charge in [-0.2, -0.15) is 9.65 Å². The molecule has 1 atom stereocenters. The minimum absolute atomic E-state index is 0.118. The number of nitrogens with one attached hydrogen (secondary N) is 3. The van der Waals surface area contributed by atoms with Crippen LogP contribution in [-0.2, 0) is 17.9 Å². The highest BCUT2D eigenvalue weighted by Crippen LogP contribution is 2.24. The summed E-state index contributed by atoms with van der Waals surface area (Å²) in [6.45, 7) is 0.549. The van der Waals surface area contributed by atoms with Gasteiger partial charge in [-0.05, 0) is 16.9 Å². The zero-order valence-corrected chi connectivity index (χ0v) is 13.4. The molecule has 0 fully saturated rings. The highest BCUT2D eigenvalue weighted by Gasteiger charge is 2.22. The van der Waals surface area contributed by atoms with Gasteiger partial charge in [-0.1, -0.05) is 12.2 Å². The van der Waals surface area contributed by atoms with Crippen molar-refractivity contribution in [1.29, 1.82) is 10.0 Å². The smallest absolute Gasteiger partial charge is 0.272 e. The second kappa shape index (κ2) is 6.35. The van der Waals surface area contributed by atoms with E-state index in [1.54, 1.807) is 30.0 Å². The maximum Gasteiger partial charge on any atom is 0.272 e. The standard InChI is InChI=1S/C15H13FN6OS/c1-22-8-12-11(3-2-4-19-24(12)18)14(22)15(23)21-9-5-10(7-17)20-13(16)6-9/h2-3,5-6,8H,4H2,1H3,(H2,18,19)(H,20,21,23). The third-order valence-corrected chi connectivity index (χ3v) is 4.64. The van der Waals surface area contributed by atoms with E-state index >= 15 is 0 Å². The Hall–Kier alpha value is -2.83. The number of fused-ring (bicyclic) bond motifs is 1. The largest absolute Gasteiger partial charge is 0.345 e. The van der Waals surface area contributed by atoms with E-state index in [0.29, 0.717) is 17.8 Å². The van der Waals surface area contributed by atoms with Crippen LogP contribution in [0, 0.1) is 22.1 Å². The van der Waals surface area contributed by atoms with Gasteiger partial charge < -0.3 is 9.88 Å². The van der Waals surface area contributed by atoms with Crippen molar-refractivity contribution < 1.29 is 9.18 Å². The molecular formula is C15H13FN6OS. The van der Waals surface area contributed by atoms with Gasteiger partial charge in [-0.25, -0.2) is 9.71 Å². The number of halogens is 1. The summed E-state index contributed by atoms with van der Waals surface area (Å²) in [4.78, 5) is 16.8. The summed E-state index contributed by atoms with van der Waals surface area (Å²) in [6, 6.07) is 4.09. The summed E-state index contributed by atoms with van der Waals surface area (Å²) in [5.41, 5.74) is 1.06. The van der Waals surface area contributed by atoms with E-state index in [1.807, 2.05) is 6.08 Å². The van der Waals surface area contributed by atoms with Crippen molar-refractivity contribution in [2.75, 3.05) is 11.9 Å². The molecular weight excluding hydrogens is 331 g/mol. The summed E-state index contributed by atoms with van der Waals surface area (Å²) in [7, 11) is 0.791. The Morgan fingerprint density at radius 2 is 2.38 bits per heavy atom. The first-order chi connectivity index (χ1) is 11.5. The minimum atomic E-state index is -0.920. The molecule has 7 nitrogen and oxygen atoms in total. The lowest BCUT2D eigenvalue weighted by Gasteiger charge is -2.08. The van der Waals surface area contributed by atoms with Crippen LogP contribution in [-0.4, -0.2) is 22.0 Å². The predicted octanol–water partition coefficient (Wildman–Crippen LogP) is 1.95. The summed E-state index contributed by atoms with van der Waals surface area (Å²) in [6.07, 6.45) is 5.38. The van der Waals surface area contributed by atoms with Gasteiger partial charge in [-0.15, -0.1) is 0 Å². The number of rotatable bonds is 2. The maximum atomic E-state index is 13.4. The first-order valence-corrected chi connectivity index (χ1v) is 8.16. The molecule has 3 heterocycles. The number of aromatic nitrogens is 2.